The van der Waals surface area contributed by atoms with Crippen molar-refractivity contribution in [2.45, 2.75) is 46.1 Å². The molecule has 0 unspecified atom stereocenters. The molecule has 2 aromatic carbocycles. The van der Waals surface area contributed by atoms with Gasteiger partial charge in [-0.3, -0.25) is 13.9 Å². The van der Waals surface area contributed by atoms with Crippen LogP contribution in [-0.2, 0) is 14.8 Å². The smallest absolute Gasteiger partial charge is 0.255 e. The molecule has 1 atom stereocenters. The Morgan fingerprint density at radius 1 is 1.00 bits per heavy atom. The lowest BCUT2D eigenvalue weighted by Gasteiger charge is -2.30. The first kappa shape index (κ1) is 23.8. The van der Waals surface area contributed by atoms with Gasteiger partial charge in [0.15, 0.2) is 0 Å². The van der Waals surface area contributed by atoms with Gasteiger partial charge in [-0.2, -0.15) is 0 Å². The third-order valence-electron chi connectivity index (χ3n) is 5.89. The highest BCUT2D eigenvalue weighted by Crippen LogP contribution is 2.25. The van der Waals surface area contributed by atoms with Crippen LogP contribution in [0.15, 0.2) is 42.5 Å². The number of likely N-dealkylation sites (tertiary alicyclic amines) is 1. The maximum absolute atomic E-state index is 13.1. The highest BCUT2D eigenvalue weighted by Gasteiger charge is 2.30. The largest absolute Gasteiger partial charge is 0.339 e. The fraction of sp³-hybridized carbons (Fsp3) is 0.417. The van der Waals surface area contributed by atoms with Crippen LogP contribution < -0.4 is 9.62 Å². The maximum Gasteiger partial charge on any atom is 0.255 e. The van der Waals surface area contributed by atoms with Crippen molar-refractivity contribution in [3.05, 3.63) is 59.2 Å². The summed E-state index contributed by atoms with van der Waals surface area (Å²) in [5, 5.41) is 2.79. The van der Waals surface area contributed by atoms with E-state index in [1.165, 1.54) is 0 Å². The average molecular weight is 458 g/mol. The number of hydrogen-bond donors (Lipinski definition) is 1. The number of aryl methyl sites for hydroxylation is 2. The van der Waals surface area contributed by atoms with Gasteiger partial charge in [0, 0.05) is 13.1 Å². The molecule has 2 aromatic rings. The number of carbonyl (C=O) groups is 2. The Kier molecular flexibility index (Phi) is 7.23. The van der Waals surface area contributed by atoms with E-state index in [1.54, 1.807) is 48.2 Å². The van der Waals surface area contributed by atoms with Crippen LogP contribution in [0, 0.1) is 13.8 Å². The summed E-state index contributed by atoms with van der Waals surface area (Å²) in [6, 6.07) is 11.1. The van der Waals surface area contributed by atoms with Crippen LogP contribution in [0.4, 0.5) is 11.4 Å². The summed E-state index contributed by atoms with van der Waals surface area (Å²) in [6.07, 6.45) is 4.13. The van der Waals surface area contributed by atoms with E-state index in [-0.39, 0.29) is 5.91 Å². The molecule has 32 heavy (non-hydrogen) atoms. The minimum absolute atomic E-state index is 0.123. The number of rotatable bonds is 6. The van der Waals surface area contributed by atoms with Crippen LogP contribution in [0.1, 0.15) is 47.7 Å². The molecule has 172 valence electrons. The van der Waals surface area contributed by atoms with Crippen LogP contribution in [0.3, 0.4) is 0 Å². The second-order valence-corrected chi connectivity index (χ2v) is 10.3. The van der Waals surface area contributed by atoms with Gasteiger partial charge in [-0.1, -0.05) is 18.2 Å². The van der Waals surface area contributed by atoms with Crippen LogP contribution in [0.5, 0.6) is 0 Å². The number of carbonyl (C=O) groups excluding carboxylic acids is 2. The molecule has 0 aromatic heterocycles. The van der Waals surface area contributed by atoms with Gasteiger partial charge < -0.3 is 10.2 Å². The lowest BCUT2D eigenvalue weighted by molar-refractivity contribution is -0.116. The minimum atomic E-state index is -3.73. The molecule has 1 aliphatic rings. The quantitative estimate of drug-likeness (QED) is 0.716. The fourth-order valence-corrected chi connectivity index (χ4v) is 5.12. The molecule has 1 N–H and O–H groups in total. The fourth-order valence-electron chi connectivity index (χ4n) is 3.95. The molecule has 0 saturated carbocycles. The highest BCUT2D eigenvalue weighted by atomic mass is 32.2. The van der Waals surface area contributed by atoms with Crippen molar-refractivity contribution >= 4 is 33.2 Å². The molecule has 1 saturated heterocycles. The number of sulfonamides is 1. The van der Waals surface area contributed by atoms with Gasteiger partial charge in [0.25, 0.3) is 5.91 Å². The zero-order valence-electron chi connectivity index (χ0n) is 19.1. The van der Waals surface area contributed by atoms with Gasteiger partial charge in [0.05, 0.1) is 23.2 Å². The summed E-state index contributed by atoms with van der Waals surface area (Å²) in [4.78, 5) is 28.0. The van der Waals surface area contributed by atoms with Crippen LogP contribution in [-0.4, -0.2) is 50.5 Å². The second-order valence-electron chi connectivity index (χ2n) is 8.39. The van der Waals surface area contributed by atoms with E-state index in [1.807, 2.05) is 19.9 Å². The normalized spacial score (nSPS) is 15.2. The summed E-state index contributed by atoms with van der Waals surface area (Å²) >= 11 is 0. The van der Waals surface area contributed by atoms with Crippen LogP contribution in [0.25, 0.3) is 0 Å². The van der Waals surface area contributed by atoms with Gasteiger partial charge in [-0.15, -0.1) is 0 Å². The molecule has 8 heteroatoms. The van der Waals surface area contributed by atoms with Gasteiger partial charge in [-0.25, -0.2) is 8.42 Å². The Morgan fingerprint density at radius 3 is 2.28 bits per heavy atom. The van der Waals surface area contributed by atoms with E-state index < -0.39 is 22.0 Å². The third kappa shape index (κ3) is 5.30. The van der Waals surface area contributed by atoms with Crippen molar-refractivity contribution in [2.75, 3.05) is 29.0 Å². The van der Waals surface area contributed by atoms with Gasteiger partial charge >= 0.3 is 0 Å². The molecule has 3 rings (SSSR count). The third-order valence-corrected chi connectivity index (χ3v) is 7.13. The molecular formula is C24H31N3O4S. The van der Waals surface area contributed by atoms with Gasteiger partial charge in [0.2, 0.25) is 15.9 Å². The predicted octanol–water partition coefficient (Wildman–Crippen LogP) is 3.72. The number of nitrogens with zero attached hydrogens (tertiary/aromatic N) is 2. The summed E-state index contributed by atoms with van der Waals surface area (Å²) in [5.41, 5.74) is 3.18. The second kappa shape index (κ2) is 9.73. The lowest BCUT2D eigenvalue weighted by atomic mass is 10.1. The molecule has 0 bridgehead atoms. The highest BCUT2D eigenvalue weighted by molar-refractivity contribution is 7.92. The molecule has 0 radical (unpaired) electrons. The predicted molar refractivity (Wildman–Crippen MR) is 128 cm³/mol. The van der Waals surface area contributed by atoms with Crippen molar-refractivity contribution in [1.82, 2.24) is 4.90 Å². The zero-order chi connectivity index (χ0) is 23.5. The topological polar surface area (TPSA) is 86.8 Å². The number of amides is 2. The van der Waals surface area contributed by atoms with Crippen molar-refractivity contribution in [3.63, 3.8) is 0 Å². The number of hydrogen-bond acceptors (Lipinski definition) is 4. The summed E-state index contributed by atoms with van der Waals surface area (Å²) in [7, 11) is -3.73. The van der Waals surface area contributed by atoms with Crippen molar-refractivity contribution in [2.24, 2.45) is 0 Å². The minimum Gasteiger partial charge on any atom is -0.339 e. The van der Waals surface area contributed by atoms with E-state index in [0.29, 0.717) is 30.0 Å². The van der Waals surface area contributed by atoms with Gasteiger partial charge in [0.1, 0.15) is 6.04 Å². The first-order valence-corrected chi connectivity index (χ1v) is 12.7. The number of benzene rings is 2. The van der Waals surface area contributed by atoms with E-state index >= 15 is 0 Å². The number of para-hydroxylation sites is 1. The Labute approximate surface area is 190 Å². The number of anilines is 2. The Hall–Kier alpha value is -2.87. The molecule has 1 heterocycles. The lowest BCUT2D eigenvalue weighted by Crippen LogP contribution is -2.45. The summed E-state index contributed by atoms with van der Waals surface area (Å²) in [6.45, 7) is 6.78. The molecule has 7 nitrogen and oxygen atoms in total. The van der Waals surface area contributed by atoms with Crippen LogP contribution >= 0.6 is 0 Å². The average Bonchev–Trinajstić information content (AvgIpc) is 2.76. The zero-order valence-corrected chi connectivity index (χ0v) is 19.9. The van der Waals surface area contributed by atoms with E-state index in [9.17, 15) is 18.0 Å². The molecule has 1 aliphatic heterocycles. The molecule has 0 aliphatic carbocycles. The van der Waals surface area contributed by atoms with Crippen molar-refractivity contribution in [1.29, 1.82) is 0 Å². The number of piperidine rings is 1. The van der Waals surface area contributed by atoms with E-state index in [0.717, 1.165) is 41.0 Å². The Balaban J connectivity index is 1.87. The first-order valence-electron chi connectivity index (χ1n) is 10.9. The summed E-state index contributed by atoms with van der Waals surface area (Å²) < 4.78 is 26.3. The summed E-state index contributed by atoms with van der Waals surface area (Å²) in [5.74, 6) is -0.630. The van der Waals surface area contributed by atoms with Gasteiger partial charge in [-0.05, 0) is 75.4 Å². The monoisotopic (exact) mass is 457 g/mol. The SMILES string of the molecule is Cc1ccc(N([C@H](C)C(=O)Nc2ccccc2C(=O)N2CCCCC2)S(C)(=O)=O)cc1C. The van der Waals surface area contributed by atoms with Crippen molar-refractivity contribution < 1.29 is 18.0 Å². The standard InChI is InChI=1S/C24H31N3O4S/c1-17-12-13-20(16-18(17)2)27(32(4,30)31)19(3)23(28)25-22-11-7-6-10-21(22)24(29)26-14-8-5-9-15-26/h6-7,10-13,16,19H,5,8-9,14-15H2,1-4H3,(H,25,28)/t19-/m1/s1. The number of nitrogens with one attached hydrogen (secondary N) is 1. The Bertz CT molecular complexity index is 1110. The molecule has 0 spiro atoms. The van der Waals surface area contributed by atoms with E-state index in [2.05, 4.69) is 5.32 Å². The first-order chi connectivity index (χ1) is 15.1. The Morgan fingerprint density at radius 2 is 1.66 bits per heavy atom. The maximum atomic E-state index is 13.1. The van der Waals surface area contributed by atoms with Crippen molar-refractivity contribution in [3.8, 4) is 0 Å². The molecule has 2 amide bonds. The van der Waals surface area contributed by atoms with Crippen LogP contribution in [0.2, 0.25) is 0 Å². The molecule has 1 fully saturated rings. The molecular weight excluding hydrogens is 426 g/mol. The van der Waals surface area contributed by atoms with E-state index in [4.69, 9.17) is 0 Å².